The summed E-state index contributed by atoms with van der Waals surface area (Å²) < 4.78 is 50.7. The fraction of sp³-hybridized carbons (Fsp3) is 0.522. The molecule has 4 rings (SSSR count). The number of nitrogens with zero attached hydrogens (tertiary/aromatic N) is 1. The summed E-state index contributed by atoms with van der Waals surface area (Å²) >= 11 is 1.06. The summed E-state index contributed by atoms with van der Waals surface area (Å²) in [5, 5.41) is 1.74. The molecule has 3 unspecified atom stereocenters. The molecular weight excluding hydrogens is 457 g/mol. The predicted molar refractivity (Wildman–Crippen MR) is 116 cm³/mol. The van der Waals surface area contributed by atoms with Crippen LogP contribution in [-0.2, 0) is 22.3 Å². The first-order valence-electron chi connectivity index (χ1n) is 11.0. The Balaban J connectivity index is 1.31. The van der Waals surface area contributed by atoms with E-state index in [1.165, 1.54) is 12.1 Å². The molecule has 1 aliphatic heterocycles. The molecule has 0 spiro atoms. The number of carbonyl (C=O) groups is 2. The summed E-state index contributed by atoms with van der Waals surface area (Å²) in [5.41, 5.74) is 0.0889. The highest BCUT2D eigenvalue weighted by Gasteiger charge is 2.33. The molecule has 3 atom stereocenters. The Morgan fingerprint density at radius 3 is 2.79 bits per heavy atom. The van der Waals surface area contributed by atoms with Gasteiger partial charge in [-0.15, -0.1) is 0 Å². The van der Waals surface area contributed by atoms with E-state index in [1.807, 2.05) is 0 Å². The van der Waals surface area contributed by atoms with E-state index in [0.717, 1.165) is 56.0 Å². The molecule has 2 heterocycles. The lowest BCUT2D eigenvalue weighted by atomic mass is 9.84. The normalized spacial score (nSPS) is 23.7. The molecule has 0 radical (unpaired) electrons. The number of hydrogen-bond donors (Lipinski definition) is 1. The molecule has 6 nitrogen and oxygen atoms in total. The van der Waals surface area contributed by atoms with Gasteiger partial charge < -0.3 is 9.15 Å². The average Bonchev–Trinajstić information content (AvgIpc) is 3.31. The Kier molecular flexibility index (Phi) is 7.13. The van der Waals surface area contributed by atoms with E-state index >= 15 is 0 Å². The number of imide groups is 1. The smallest absolute Gasteiger partial charge is 0.416 e. The third-order valence-corrected chi connectivity index (χ3v) is 7.17. The number of carbonyl (C=O) groups excluding carboxylic acids is 2. The quantitative estimate of drug-likeness (QED) is 0.531. The highest BCUT2D eigenvalue weighted by atomic mass is 32.2. The maximum atomic E-state index is 13.0. The van der Waals surface area contributed by atoms with Crippen molar-refractivity contribution in [3.8, 4) is 11.5 Å². The van der Waals surface area contributed by atoms with Gasteiger partial charge in [0.05, 0.1) is 23.5 Å². The molecule has 1 aliphatic carbocycles. The van der Waals surface area contributed by atoms with Crippen molar-refractivity contribution in [3.63, 3.8) is 0 Å². The van der Waals surface area contributed by atoms with Gasteiger partial charge >= 0.3 is 6.18 Å². The second-order valence-electron chi connectivity index (χ2n) is 8.53. The van der Waals surface area contributed by atoms with Crippen molar-refractivity contribution in [1.82, 2.24) is 10.3 Å². The molecule has 33 heavy (non-hydrogen) atoms. The molecule has 1 saturated heterocycles. The van der Waals surface area contributed by atoms with Gasteiger partial charge in [0.25, 0.3) is 5.24 Å². The predicted octanol–water partition coefficient (Wildman–Crippen LogP) is 5.88. The van der Waals surface area contributed by atoms with E-state index in [1.54, 1.807) is 6.92 Å². The van der Waals surface area contributed by atoms with Crippen LogP contribution in [0.1, 0.15) is 55.5 Å². The Morgan fingerprint density at radius 2 is 2.06 bits per heavy atom. The number of oxazole rings is 1. The minimum atomic E-state index is -4.43. The van der Waals surface area contributed by atoms with Crippen molar-refractivity contribution < 1.29 is 31.9 Å². The van der Waals surface area contributed by atoms with Gasteiger partial charge in [-0.2, -0.15) is 13.2 Å². The highest BCUT2D eigenvalue weighted by Crippen LogP contribution is 2.34. The number of hydrogen-bond acceptors (Lipinski definition) is 6. The molecular formula is C23H25F3N2O4S. The fourth-order valence-corrected chi connectivity index (χ4v) is 5.17. The van der Waals surface area contributed by atoms with E-state index in [9.17, 15) is 22.8 Å². The van der Waals surface area contributed by atoms with Gasteiger partial charge in [-0.1, -0.05) is 30.7 Å². The van der Waals surface area contributed by atoms with E-state index in [-0.39, 0.29) is 40.6 Å². The van der Waals surface area contributed by atoms with Gasteiger partial charge in [0.2, 0.25) is 11.8 Å². The average molecular weight is 483 g/mol. The number of rotatable bonds is 7. The van der Waals surface area contributed by atoms with E-state index in [2.05, 4.69) is 10.3 Å². The van der Waals surface area contributed by atoms with Gasteiger partial charge in [-0.25, -0.2) is 4.98 Å². The second kappa shape index (κ2) is 9.89. The number of alkyl halides is 3. The molecule has 1 N–H and O–H groups in total. The lowest BCUT2D eigenvalue weighted by Gasteiger charge is -2.29. The van der Waals surface area contributed by atoms with Crippen molar-refractivity contribution in [2.24, 2.45) is 5.92 Å². The maximum Gasteiger partial charge on any atom is 0.416 e. The Morgan fingerprint density at radius 1 is 1.24 bits per heavy atom. The topological polar surface area (TPSA) is 81.4 Å². The van der Waals surface area contributed by atoms with E-state index in [0.29, 0.717) is 23.8 Å². The molecule has 0 bridgehead atoms. The monoisotopic (exact) mass is 482 g/mol. The van der Waals surface area contributed by atoms with Gasteiger partial charge in [-0.3, -0.25) is 14.9 Å². The minimum Gasteiger partial charge on any atom is -0.441 e. The zero-order valence-electron chi connectivity index (χ0n) is 18.1. The van der Waals surface area contributed by atoms with Gasteiger partial charge in [0.1, 0.15) is 11.5 Å². The Hall–Kier alpha value is -2.33. The van der Waals surface area contributed by atoms with Gasteiger partial charge in [-0.05, 0) is 56.7 Å². The van der Waals surface area contributed by atoms with Crippen molar-refractivity contribution in [2.45, 2.75) is 69.6 Å². The van der Waals surface area contributed by atoms with Crippen LogP contribution in [-0.4, -0.2) is 27.5 Å². The first-order chi connectivity index (χ1) is 15.7. The van der Waals surface area contributed by atoms with Gasteiger partial charge in [0.15, 0.2) is 0 Å². The molecule has 178 valence electrons. The fourth-order valence-electron chi connectivity index (χ4n) is 4.34. The summed E-state index contributed by atoms with van der Waals surface area (Å²) in [7, 11) is 0. The number of benzene rings is 1. The van der Waals surface area contributed by atoms with E-state index in [4.69, 9.17) is 9.15 Å². The lowest BCUT2D eigenvalue weighted by Crippen LogP contribution is -2.26. The van der Waals surface area contributed by atoms with Crippen LogP contribution in [0.15, 0.2) is 28.7 Å². The Labute approximate surface area is 193 Å². The molecule has 10 heteroatoms. The molecule has 2 aliphatic rings. The van der Waals surface area contributed by atoms with Crippen molar-refractivity contribution >= 4 is 22.9 Å². The number of aryl methyl sites for hydroxylation is 1. The molecule has 2 amide bonds. The summed E-state index contributed by atoms with van der Waals surface area (Å²) in [6.07, 6.45) is 1.01. The van der Waals surface area contributed by atoms with Crippen LogP contribution in [0.5, 0.6) is 0 Å². The van der Waals surface area contributed by atoms with Gasteiger partial charge in [0, 0.05) is 5.56 Å². The van der Waals surface area contributed by atoms with Crippen molar-refractivity contribution in [3.05, 3.63) is 41.3 Å². The first-order valence-corrected chi connectivity index (χ1v) is 11.8. The lowest BCUT2D eigenvalue weighted by molar-refractivity contribution is -0.137. The Bertz CT molecular complexity index is 1020. The number of thioether (sulfide) groups is 1. The van der Waals surface area contributed by atoms with Crippen LogP contribution in [0.3, 0.4) is 0 Å². The number of halogens is 3. The molecule has 1 saturated carbocycles. The number of aromatic nitrogens is 1. The van der Waals surface area contributed by atoms with Crippen LogP contribution in [0.2, 0.25) is 0 Å². The number of amides is 2. The van der Waals surface area contributed by atoms with Crippen molar-refractivity contribution in [2.75, 3.05) is 0 Å². The molecule has 1 aromatic heterocycles. The number of ether oxygens (including phenoxy) is 1. The van der Waals surface area contributed by atoms with Crippen LogP contribution >= 0.6 is 11.8 Å². The van der Waals surface area contributed by atoms with E-state index < -0.39 is 11.7 Å². The van der Waals surface area contributed by atoms with Crippen LogP contribution in [0.25, 0.3) is 11.5 Å². The summed E-state index contributed by atoms with van der Waals surface area (Å²) in [4.78, 5) is 27.4. The third-order valence-electron chi connectivity index (χ3n) is 6.12. The largest absolute Gasteiger partial charge is 0.441 e. The van der Waals surface area contributed by atoms with Crippen molar-refractivity contribution in [1.29, 1.82) is 0 Å². The maximum absolute atomic E-state index is 13.0. The van der Waals surface area contributed by atoms with Crippen LogP contribution in [0, 0.1) is 12.8 Å². The SMILES string of the molecule is Cc1oc(-c2cccc(C(F)(F)F)c2)nc1COC1CCCC(CCC2SC(=O)NC2=O)C1. The van der Waals surface area contributed by atoms with Crippen LogP contribution in [0.4, 0.5) is 18.0 Å². The zero-order valence-corrected chi connectivity index (χ0v) is 18.9. The summed E-state index contributed by atoms with van der Waals surface area (Å²) in [5.74, 6) is 0.878. The highest BCUT2D eigenvalue weighted by molar-refractivity contribution is 8.15. The zero-order chi connectivity index (χ0) is 23.6. The molecule has 2 fully saturated rings. The second-order valence-corrected chi connectivity index (χ2v) is 9.70. The summed E-state index contributed by atoms with van der Waals surface area (Å²) in [6, 6.07) is 4.91. The summed E-state index contributed by atoms with van der Waals surface area (Å²) in [6.45, 7) is 1.94. The first kappa shape index (κ1) is 23.8. The third kappa shape index (κ3) is 5.97. The van der Waals surface area contributed by atoms with Crippen LogP contribution < -0.4 is 5.32 Å². The minimum absolute atomic E-state index is 0.0450. The standard InChI is InChI=1S/C23H25F3N2O4S/c1-13-18(27-21(32-13)15-5-3-6-16(11-15)23(24,25)26)12-31-17-7-2-4-14(10-17)8-9-19-20(29)28-22(30)33-19/h3,5-6,11,14,17,19H,2,4,7-10,12H2,1H3,(H,28,29,30). The number of nitrogens with one attached hydrogen (secondary N) is 1. The molecule has 1 aromatic carbocycles. The molecule has 2 aromatic rings.